The summed E-state index contributed by atoms with van der Waals surface area (Å²) in [5.74, 6) is 0. The van der Waals surface area contributed by atoms with E-state index >= 15 is 0 Å². The predicted molar refractivity (Wildman–Crippen MR) is 100 cm³/mol. The van der Waals surface area contributed by atoms with Crippen molar-refractivity contribution in [3.63, 3.8) is 0 Å². The number of allylic oxidation sites excluding steroid dienone is 1. The molecule has 0 saturated heterocycles. The Labute approximate surface area is 159 Å². The summed E-state index contributed by atoms with van der Waals surface area (Å²) in [5, 5.41) is 42.6. The second-order valence-electron chi connectivity index (χ2n) is 6.67. The van der Waals surface area contributed by atoms with E-state index in [1.807, 2.05) is 6.92 Å². The summed E-state index contributed by atoms with van der Waals surface area (Å²) in [6, 6.07) is -2.74. The van der Waals surface area contributed by atoms with E-state index in [9.17, 15) is 35.2 Å². The van der Waals surface area contributed by atoms with Gasteiger partial charge in [0.15, 0.2) is 6.29 Å². The molecule has 9 nitrogen and oxygen atoms in total. The van der Waals surface area contributed by atoms with Gasteiger partial charge >= 0.3 is 0 Å². The average Bonchev–Trinajstić information content (AvgIpc) is 2.61. The van der Waals surface area contributed by atoms with Crippen molar-refractivity contribution in [1.29, 1.82) is 0 Å². The first kappa shape index (κ1) is 25.1. The van der Waals surface area contributed by atoms with Gasteiger partial charge in [0.25, 0.3) is 0 Å². The Hall–Kier alpha value is -1.87. The summed E-state index contributed by atoms with van der Waals surface area (Å²) < 4.78 is 0. The normalized spacial score (nSPS) is 16.0. The van der Waals surface area contributed by atoms with E-state index in [1.54, 1.807) is 18.4 Å². The van der Waals surface area contributed by atoms with E-state index < -0.39 is 40.6 Å². The van der Waals surface area contributed by atoms with Gasteiger partial charge in [-0.25, -0.2) is 0 Å². The maximum absolute atomic E-state index is 11.2. The standard InChI is InChI=1S/C18H31N2O7/c1-2-3-8-11-15(19(24)25)18(23)14-16(20(26)27)17(22)12-9-6-4-5-7-10-13-21/h6,9,15-18,22-23H,2-5,7-8,10-12,14H2,1H3. The zero-order chi connectivity index (χ0) is 20.7. The fourth-order valence-electron chi connectivity index (χ4n) is 2.80. The van der Waals surface area contributed by atoms with Crippen molar-refractivity contribution in [1.82, 2.24) is 0 Å². The molecule has 155 valence electrons. The van der Waals surface area contributed by atoms with Gasteiger partial charge in [-0.15, -0.1) is 0 Å². The first-order valence-electron chi connectivity index (χ1n) is 9.48. The minimum absolute atomic E-state index is 0.0249. The molecule has 0 spiro atoms. The molecule has 0 rings (SSSR count). The molecule has 0 fully saturated rings. The maximum Gasteiger partial charge on any atom is 0.241 e. The molecule has 2 N–H and O–H groups in total. The van der Waals surface area contributed by atoms with Gasteiger partial charge in [-0.2, -0.15) is 0 Å². The Kier molecular flexibility index (Phi) is 14.2. The van der Waals surface area contributed by atoms with Crippen LogP contribution in [0.25, 0.3) is 0 Å². The highest BCUT2D eigenvalue weighted by Crippen LogP contribution is 2.18. The Bertz CT molecular complexity index is 471. The molecule has 0 aliphatic carbocycles. The summed E-state index contributed by atoms with van der Waals surface area (Å²) in [7, 11) is 0. The average molecular weight is 387 g/mol. The van der Waals surface area contributed by atoms with Crippen molar-refractivity contribution < 1.29 is 24.9 Å². The van der Waals surface area contributed by atoms with Gasteiger partial charge in [-0.3, -0.25) is 25.0 Å². The third kappa shape index (κ3) is 11.4. The van der Waals surface area contributed by atoms with Crippen molar-refractivity contribution >= 4 is 6.29 Å². The van der Waals surface area contributed by atoms with Crippen LogP contribution in [0.1, 0.15) is 71.1 Å². The van der Waals surface area contributed by atoms with Crippen molar-refractivity contribution in [2.45, 2.75) is 95.4 Å². The van der Waals surface area contributed by atoms with Crippen LogP contribution in [0.15, 0.2) is 12.2 Å². The quantitative estimate of drug-likeness (QED) is 0.169. The number of hydrogen-bond donors (Lipinski definition) is 2. The molecule has 0 aromatic rings. The zero-order valence-electron chi connectivity index (χ0n) is 15.9. The molecular weight excluding hydrogens is 356 g/mol. The second-order valence-corrected chi connectivity index (χ2v) is 6.67. The number of nitro groups is 2. The van der Waals surface area contributed by atoms with Crippen LogP contribution >= 0.6 is 0 Å². The van der Waals surface area contributed by atoms with Gasteiger partial charge in [-0.05, 0) is 32.1 Å². The van der Waals surface area contributed by atoms with Crippen LogP contribution in [0.5, 0.6) is 0 Å². The molecule has 0 saturated carbocycles. The number of hydrogen-bond acceptors (Lipinski definition) is 7. The fourth-order valence-corrected chi connectivity index (χ4v) is 2.80. The molecule has 9 heteroatoms. The highest BCUT2D eigenvalue weighted by atomic mass is 16.6. The van der Waals surface area contributed by atoms with Crippen LogP contribution in [-0.2, 0) is 4.79 Å². The Morgan fingerprint density at radius 1 is 0.963 bits per heavy atom. The molecule has 0 aromatic heterocycles. The predicted octanol–water partition coefficient (Wildman–Crippen LogP) is 2.59. The van der Waals surface area contributed by atoms with Gasteiger partial charge in [-0.1, -0.05) is 31.9 Å². The van der Waals surface area contributed by atoms with Crippen molar-refractivity contribution in [2.75, 3.05) is 0 Å². The molecule has 0 aliphatic heterocycles. The highest BCUT2D eigenvalue weighted by molar-refractivity contribution is 5.50. The molecule has 0 amide bonds. The van der Waals surface area contributed by atoms with E-state index in [0.29, 0.717) is 25.7 Å². The zero-order valence-corrected chi connectivity index (χ0v) is 15.9. The molecular formula is C18H31N2O7. The SMILES string of the molecule is CCCCCC(C(O)CC(C(O)CC=CCCCC[C]=O)[N+](=O)[O-])[N+](=O)[O-]. The number of aliphatic hydroxyl groups is 2. The summed E-state index contributed by atoms with van der Waals surface area (Å²) >= 11 is 0. The number of unbranched alkanes of at least 4 members (excludes halogenated alkanes) is 5. The van der Waals surface area contributed by atoms with Crippen LogP contribution in [-0.4, -0.2) is 50.6 Å². The molecule has 0 aromatic carbocycles. The molecule has 0 bridgehead atoms. The van der Waals surface area contributed by atoms with Crippen molar-refractivity contribution in [3.05, 3.63) is 32.4 Å². The lowest BCUT2D eigenvalue weighted by Gasteiger charge is -2.20. The molecule has 0 heterocycles. The van der Waals surface area contributed by atoms with Crippen LogP contribution in [0.4, 0.5) is 0 Å². The summed E-state index contributed by atoms with van der Waals surface area (Å²) in [5.41, 5.74) is 0. The highest BCUT2D eigenvalue weighted by Gasteiger charge is 2.38. The monoisotopic (exact) mass is 387 g/mol. The number of nitrogens with zero attached hydrogens (tertiary/aromatic N) is 2. The minimum Gasteiger partial charge on any atom is -0.386 e. The van der Waals surface area contributed by atoms with Gasteiger partial charge < -0.3 is 10.2 Å². The summed E-state index contributed by atoms with van der Waals surface area (Å²) in [4.78, 5) is 31.2. The van der Waals surface area contributed by atoms with Crippen LogP contribution in [0.3, 0.4) is 0 Å². The minimum atomic E-state index is -1.48. The molecule has 1 radical (unpaired) electrons. The van der Waals surface area contributed by atoms with Gasteiger partial charge in [0.2, 0.25) is 12.1 Å². The smallest absolute Gasteiger partial charge is 0.241 e. The first-order chi connectivity index (χ1) is 12.8. The van der Waals surface area contributed by atoms with Gasteiger partial charge in [0.05, 0.1) is 6.42 Å². The van der Waals surface area contributed by atoms with E-state index in [1.165, 1.54) is 0 Å². The van der Waals surface area contributed by atoms with E-state index in [2.05, 4.69) is 0 Å². The second kappa shape index (κ2) is 15.2. The topological polar surface area (TPSA) is 144 Å². The number of rotatable bonds is 17. The van der Waals surface area contributed by atoms with E-state index in [0.717, 1.165) is 19.3 Å². The van der Waals surface area contributed by atoms with Crippen molar-refractivity contribution in [3.8, 4) is 0 Å². The molecule has 4 unspecified atom stereocenters. The third-order valence-electron chi connectivity index (χ3n) is 4.46. The lowest BCUT2D eigenvalue weighted by Crippen LogP contribution is -2.42. The summed E-state index contributed by atoms with van der Waals surface area (Å²) in [6.07, 6.45) is 6.84. The van der Waals surface area contributed by atoms with Crippen LogP contribution in [0.2, 0.25) is 0 Å². The molecule has 0 aliphatic rings. The Morgan fingerprint density at radius 2 is 1.63 bits per heavy atom. The van der Waals surface area contributed by atoms with Crippen molar-refractivity contribution in [2.24, 2.45) is 0 Å². The largest absolute Gasteiger partial charge is 0.386 e. The number of carbonyl (C=O) groups excluding carboxylic acids is 1. The van der Waals surface area contributed by atoms with Crippen LogP contribution in [0, 0.1) is 20.2 Å². The lowest BCUT2D eigenvalue weighted by atomic mass is 9.95. The summed E-state index contributed by atoms with van der Waals surface area (Å²) in [6.45, 7) is 1.95. The Morgan fingerprint density at radius 3 is 2.19 bits per heavy atom. The van der Waals surface area contributed by atoms with E-state index in [4.69, 9.17) is 0 Å². The Balaban J connectivity index is 4.61. The van der Waals surface area contributed by atoms with E-state index in [-0.39, 0.29) is 12.8 Å². The maximum atomic E-state index is 11.2. The first-order valence-corrected chi connectivity index (χ1v) is 9.48. The fraction of sp³-hybridized carbons (Fsp3) is 0.833. The van der Waals surface area contributed by atoms with Gasteiger partial charge in [0.1, 0.15) is 12.2 Å². The molecule has 27 heavy (non-hydrogen) atoms. The number of aliphatic hydroxyl groups excluding tert-OH is 2. The van der Waals surface area contributed by atoms with Gasteiger partial charge in [0, 0.05) is 22.7 Å². The third-order valence-corrected chi connectivity index (χ3v) is 4.46. The van der Waals surface area contributed by atoms with Crippen LogP contribution < -0.4 is 0 Å². The molecule has 4 atom stereocenters. The lowest BCUT2D eigenvalue weighted by molar-refractivity contribution is -0.554.